The van der Waals surface area contributed by atoms with Crippen molar-refractivity contribution in [1.29, 1.82) is 0 Å². The van der Waals surface area contributed by atoms with Gasteiger partial charge in [-0.25, -0.2) is 4.79 Å². The molecule has 9 heteroatoms. The smallest absolute Gasteiger partial charge is 0.416 e. The van der Waals surface area contributed by atoms with Crippen molar-refractivity contribution in [2.75, 3.05) is 0 Å². The second-order valence-electron chi connectivity index (χ2n) is 6.58. The summed E-state index contributed by atoms with van der Waals surface area (Å²) in [6.45, 7) is 0. The molecule has 0 radical (unpaired) electrons. The van der Waals surface area contributed by atoms with Gasteiger partial charge in [0.25, 0.3) is 0 Å². The number of hydrogen-bond donors (Lipinski definition) is 4. The fourth-order valence-electron chi connectivity index (χ4n) is 3.25. The van der Waals surface area contributed by atoms with Gasteiger partial charge in [-0.1, -0.05) is 36.4 Å². The molecule has 4 N–H and O–H groups in total. The topological polar surface area (TPSA) is 98.7 Å². The first-order valence-electron chi connectivity index (χ1n) is 9.00. The normalized spacial score (nSPS) is 13.8. The zero-order valence-electron chi connectivity index (χ0n) is 15.9. The Balaban J connectivity index is 0.000000287. The SMILES string of the molecule is O=CNC(=O)NC1c2ccccc2-c2cc(C(F)(F)F)ccc21.Oc1cccc(O)c1. The van der Waals surface area contributed by atoms with Crippen molar-refractivity contribution < 1.29 is 33.0 Å². The van der Waals surface area contributed by atoms with Crippen molar-refractivity contribution in [1.82, 2.24) is 10.6 Å². The Labute approximate surface area is 175 Å². The van der Waals surface area contributed by atoms with Crippen LogP contribution in [0.1, 0.15) is 22.7 Å². The lowest BCUT2D eigenvalue weighted by atomic mass is 10.0. The highest BCUT2D eigenvalue weighted by molar-refractivity contribution is 5.87. The van der Waals surface area contributed by atoms with E-state index in [1.165, 1.54) is 24.3 Å². The summed E-state index contributed by atoms with van der Waals surface area (Å²) in [6, 6.07) is 14.8. The van der Waals surface area contributed by atoms with E-state index in [0.717, 1.165) is 12.1 Å². The molecule has 0 aliphatic heterocycles. The molecule has 0 bridgehead atoms. The maximum Gasteiger partial charge on any atom is 0.416 e. The van der Waals surface area contributed by atoms with Crippen molar-refractivity contribution in [2.24, 2.45) is 0 Å². The molecule has 1 aliphatic carbocycles. The van der Waals surface area contributed by atoms with E-state index in [0.29, 0.717) is 22.3 Å². The van der Waals surface area contributed by atoms with E-state index in [9.17, 15) is 22.8 Å². The average molecular weight is 430 g/mol. The Morgan fingerprint density at radius 3 is 2.10 bits per heavy atom. The van der Waals surface area contributed by atoms with Gasteiger partial charge < -0.3 is 15.5 Å². The van der Waals surface area contributed by atoms with Crippen molar-refractivity contribution in [3.63, 3.8) is 0 Å². The Morgan fingerprint density at radius 2 is 1.52 bits per heavy atom. The van der Waals surface area contributed by atoms with Gasteiger partial charge in [-0.05, 0) is 46.5 Å². The lowest BCUT2D eigenvalue weighted by molar-refractivity contribution is -0.137. The molecule has 3 aromatic rings. The molecule has 4 rings (SSSR count). The predicted octanol–water partition coefficient (Wildman–Crippen LogP) is 4.33. The number of urea groups is 1. The van der Waals surface area contributed by atoms with E-state index >= 15 is 0 Å². The third kappa shape index (κ3) is 4.95. The van der Waals surface area contributed by atoms with Gasteiger partial charge in [-0.3, -0.25) is 10.1 Å². The fraction of sp³-hybridized carbons (Fsp3) is 0.0909. The van der Waals surface area contributed by atoms with E-state index in [2.05, 4.69) is 5.32 Å². The van der Waals surface area contributed by atoms with Crippen LogP contribution in [0.2, 0.25) is 0 Å². The number of phenols is 2. The Kier molecular flexibility index (Phi) is 6.15. The van der Waals surface area contributed by atoms with Crippen LogP contribution < -0.4 is 10.6 Å². The molecule has 6 nitrogen and oxygen atoms in total. The number of halogens is 3. The molecule has 0 heterocycles. The molecule has 1 atom stereocenters. The number of hydrogen-bond acceptors (Lipinski definition) is 4. The van der Waals surface area contributed by atoms with Gasteiger partial charge in [0.1, 0.15) is 11.5 Å². The summed E-state index contributed by atoms with van der Waals surface area (Å²) in [6.07, 6.45) is -4.20. The second-order valence-corrected chi connectivity index (χ2v) is 6.58. The zero-order chi connectivity index (χ0) is 22.6. The molecule has 3 aromatic carbocycles. The maximum atomic E-state index is 12.9. The first-order valence-corrected chi connectivity index (χ1v) is 9.00. The molecule has 31 heavy (non-hydrogen) atoms. The minimum Gasteiger partial charge on any atom is -0.508 e. The lowest BCUT2D eigenvalue weighted by Gasteiger charge is -2.15. The predicted molar refractivity (Wildman–Crippen MR) is 106 cm³/mol. The van der Waals surface area contributed by atoms with Crippen molar-refractivity contribution in [3.8, 4) is 22.6 Å². The highest BCUT2D eigenvalue weighted by atomic mass is 19.4. The van der Waals surface area contributed by atoms with Gasteiger partial charge in [-0.15, -0.1) is 0 Å². The van der Waals surface area contributed by atoms with Gasteiger partial charge in [0.15, 0.2) is 0 Å². The number of nitrogens with one attached hydrogen (secondary N) is 2. The summed E-state index contributed by atoms with van der Waals surface area (Å²) in [4.78, 5) is 21.9. The van der Waals surface area contributed by atoms with Crippen LogP contribution >= 0.6 is 0 Å². The number of imide groups is 1. The number of fused-ring (bicyclic) bond motifs is 3. The summed E-state index contributed by atoms with van der Waals surface area (Å²) < 4.78 is 38.8. The van der Waals surface area contributed by atoms with Crippen molar-refractivity contribution >= 4 is 12.4 Å². The first kappa shape index (κ1) is 21.7. The fourth-order valence-corrected chi connectivity index (χ4v) is 3.25. The van der Waals surface area contributed by atoms with Crippen molar-refractivity contribution in [3.05, 3.63) is 83.4 Å². The van der Waals surface area contributed by atoms with Crippen LogP contribution in [0, 0.1) is 0 Å². The van der Waals surface area contributed by atoms with Crippen molar-refractivity contribution in [2.45, 2.75) is 12.2 Å². The monoisotopic (exact) mass is 430 g/mol. The minimum atomic E-state index is -4.44. The molecule has 1 unspecified atom stereocenters. The number of rotatable bonds is 2. The number of amides is 3. The summed E-state index contributed by atoms with van der Waals surface area (Å²) in [7, 11) is 0. The standard InChI is InChI=1S/C16H11F3N2O2.C6H6O2/c17-16(18,19)9-5-6-12-13(7-9)10-3-1-2-4-11(10)14(12)21-15(23)20-8-22;7-5-2-1-3-6(8)4-5/h1-8,14H,(H2,20,21,22,23);1-4,7-8H. The second kappa shape index (κ2) is 8.78. The lowest BCUT2D eigenvalue weighted by Crippen LogP contribution is -2.37. The highest BCUT2D eigenvalue weighted by Crippen LogP contribution is 2.45. The third-order valence-corrected chi connectivity index (χ3v) is 4.55. The van der Waals surface area contributed by atoms with Gasteiger partial charge in [0.2, 0.25) is 6.41 Å². The maximum absolute atomic E-state index is 12.9. The Morgan fingerprint density at radius 1 is 0.871 bits per heavy atom. The molecule has 160 valence electrons. The average Bonchev–Trinajstić information content (AvgIpc) is 3.01. The third-order valence-electron chi connectivity index (χ3n) is 4.55. The molecule has 0 fully saturated rings. The molecule has 0 aromatic heterocycles. The molecule has 1 aliphatic rings. The van der Waals surface area contributed by atoms with E-state index in [4.69, 9.17) is 10.2 Å². The number of carbonyl (C=O) groups excluding carboxylic acids is 2. The zero-order valence-corrected chi connectivity index (χ0v) is 15.9. The molecule has 0 spiro atoms. The minimum absolute atomic E-state index is 0.0880. The number of aromatic hydroxyl groups is 2. The number of alkyl halides is 3. The number of carbonyl (C=O) groups is 2. The molecular weight excluding hydrogens is 413 g/mol. The van der Waals surface area contributed by atoms with Gasteiger partial charge >= 0.3 is 12.2 Å². The van der Waals surface area contributed by atoms with Gasteiger partial charge in [0.05, 0.1) is 11.6 Å². The van der Waals surface area contributed by atoms with Gasteiger partial charge in [-0.2, -0.15) is 13.2 Å². The number of phenolic OH excluding ortho intramolecular Hbond substituents is 2. The van der Waals surface area contributed by atoms with E-state index in [1.807, 2.05) is 5.32 Å². The Bertz CT molecular complexity index is 1100. The first-order chi connectivity index (χ1) is 14.7. The largest absolute Gasteiger partial charge is 0.508 e. The van der Waals surface area contributed by atoms with Crippen LogP contribution in [0.25, 0.3) is 11.1 Å². The van der Waals surface area contributed by atoms with Crippen LogP contribution in [0.4, 0.5) is 18.0 Å². The summed E-state index contributed by atoms with van der Waals surface area (Å²) in [5.74, 6) is 0.176. The van der Waals surface area contributed by atoms with Crippen LogP contribution in [-0.4, -0.2) is 22.7 Å². The summed E-state index contributed by atoms with van der Waals surface area (Å²) >= 11 is 0. The quantitative estimate of drug-likeness (QED) is 0.455. The Hall–Kier alpha value is -4.01. The van der Waals surface area contributed by atoms with Crippen LogP contribution in [0.5, 0.6) is 11.5 Å². The molecule has 3 amide bonds. The van der Waals surface area contributed by atoms with Gasteiger partial charge in [0, 0.05) is 6.07 Å². The highest BCUT2D eigenvalue weighted by Gasteiger charge is 2.35. The van der Waals surface area contributed by atoms with Crippen LogP contribution in [0.15, 0.2) is 66.7 Å². The van der Waals surface area contributed by atoms with Crippen LogP contribution in [-0.2, 0) is 11.0 Å². The summed E-state index contributed by atoms with van der Waals surface area (Å²) in [5.41, 5.74) is 1.55. The van der Waals surface area contributed by atoms with Crippen LogP contribution in [0.3, 0.4) is 0 Å². The van der Waals surface area contributed by atoms with E-state index < -0.39 is 23.8 Å². The molecule has 0 saturated carbocycles. The van der Waals surface area contributed by atoms with E-state index in [-0.39, 0.29) is 17.9 Å². The number of benzene rings is 3. The molecular formula is C22H17F3N2O4. The van der Waals surface area contributed by atoms with E-state index in [1.54, 1.807) is 30.3 Å². The summed E-state index contributed by atoms with van der Waals surface area (Å²) in [5, 5.41) is 21.9. The molecule has 0 saturated heterocycles.